The van der Waals surface area contributed by atoms with Crippen LogP contribution in [-0.4, -0.2) is 23.4 Å². The Hall–Kier alpha value is -0.830. The highest BCUT2D eigenvalue weighted by Gasteiger charge is 2.51. The summed E-state index contributed by atoms with van der Waals surface area (Å²) in [5, 5.41) is 1.99. The van der Waals surface area contributed by atoms with Gasteiger partial charge in [0.2, 0.25) is 0 Å². The zero-order valence-corrected chi connectivity index (χ0v) is 12.2. The fourth-order valence-corrected chi connectivity index (χ4v) is 4.92. The van der Waals surface area contributed by atoms with Crippen LogP contribution in [0.1, 0.15) is 49.7 Å². The lowest BCUT2D eigenvalue weighted by Gasteiger charge is -2.39. The molecule has 3 rings (SSSR count). The number of fused-ring (bicyclic) bond motifs is 2. The molecule has 98 valence electrons. The van der Waals surface area contributed by atoms with Gasteiger partial charge in [-0.25, -0.2) is 0 Å². The highest BCUT2D eigenvalue weighted by Crippen LogP contribution is 2.52. The Labute approximate surface area is 113 Å². The molecular weight excluding hydrogens is 242 g/mol. The number of hydrogen-bond acceptors (Lipinski definition) is 2. The number of carbonyl (C=O) groups excluding carboxylic acids is 1. The van der Waals surface area contributed by atoms with Crippen molar-refractivity contribution in [3.05, 3.63) is 22.4 Å². The summed E-state index contributed by atoms with van der Waals surface area (Å²) in [6.45, 7) is 7.98. The van der Waals surface area contributed by atoms with Crippen LogP contribution in [0.15, 0.2) is 17.5 Å². The maximum absolute atomic E-state index is 12.5. The van der Waals surface area contributed by atoms with Gasteiger partial charge in [-0.05, 0) is 41.5 Å². The van der Waals surface area contributed by atoms with Gasteiger partial charge in [0.15, 0.2) is 0 Å². The SMILES string of the molecule is CC1(C)C[C@H]2C[C@](C)(CN2C(=O)c2cccs2)C1. The number of amides is 1. The van der Waals surface area contributed by atoms with Crippen LogP contribution in [0.4, 0.5) is 0 Å². The van der Waals surface area contributed by atoms with E-state index in [0.717, 1.165) is 17.8 Å². The van der Waals surface area contributed by atoms with E-state index in [2.05, 4.69) is 25.7 Å². The largest absolute Gasteiger partial charge is 0.334 e. The Morgan fingerprint density at radius 2 is 2.17 bits per heavy atom. The highest BCUT2D eigenvalue weighted by atomic mass is 32.1. The van der Waals surface area contributed by atoms with Crippen molar-refractivity contribution in [2.24, 2.45) is 10.8 Å². The third kappa shape index (κ3) is 1.99. The summed E-state index contributed by atoms with van der Waals surface area (Å²) in [5.41, 5.74) is 0.710. The molecule has 1 aliphatic heterocycles. The van der Waals surface area contributed by atoms with Crippen molar-refractivity contribution in [1.82, 2.24) is 4.90 Å². The number of nitrogens with zero attached hydrogens (tertiary/aromatic N) is 1. The average Bonchev–Trinajstić information content (AvgIpc) is 2.82. The minimum absolute atomic E-state index is 0.247. The zero-order valence-electron chi connectivity index (χ0n) is 11.4. The van der Waals surface area contributed by atoms with Gasteiger partial charge in [-0.15, -0.1) is 11.3 Å². The predicted molar refractivity (Wildman–Crippen MR) is 74.9 cm³/mol. The Morgan fingerprint density at radius 1 is 1.39 bits per heavy atom. The van der Waals surface area contributed by atoms with Crippen molar-refractivity contribution < 1.29 is 4.79 Å². The molecule has 0 radical (unpaired) electrons. The minimum Gasteiger partial charge on any atom is -0.334 e. The number of rotatable bonds is 1. The summed E-state index contributed by atoms with van der Waals surface area (Å²) in [7, 11) is 0. The standard InChI is InChI=1S/C15H21NOS/c1-14(2)7-11-8-15(3,9-14)10-16(11)13(17)12-5-4-6-18-12/h4-6,11H,7-10H2,1-3H3/t11-,15-/m0/s1. The van der Waals surface area contributed by atoms with Gasteiger partial charge in [0.25, 0.3) is 5.91 Å². The van der Waals surface area contributed by atoms with Crippen LogP contribution in [0.5, 0.6) is 0 Å². The normalized spacial score (nSPS) is 33.7. The minimum atomic E-state index is 0.247. The second kappa shape index (κ2) is 3.83. The van der Waals surface area contributed by atoms with Gasteiger partial charge in [-0.2, -0.15) is 0 Å². The van der Waals surface area contributed by atoms with Crippen molar-refractivity contribution in [1.29, 1.82) is 0 Å². The van der Waals surface area contributed by atoms with E-state index in [-0.39, 0.29) is 5.91 Å². The van der Waals surface area contributed by atoms with Gasteiger partial charge in [-0.1, -0.05) is 26.8 Å². The maximum Gasteiger partial charge on any atom is 0.264 e. The van der Waals surface area contributed by atoms with Crippen LogP contribution in [0, 0.1) is 10.8 Å². The Kier molecular flexibility index (Phi) is 2.60. The molecule has 1 saturated carbocycles. The Bertz CT molecular complexity index is 465. The summed E-state index contributed by atoms with van der Waals surface area (Å²) < 4.78 is 0. The summed E-state index contributed by atoms with van der Waals surface area (Å²) in [5.74, 6) is 0.247. The van der Waals surface area contributed by atoms with Crippen LogP contribution in [0.2, 0.25) is 0 Å². The van der Waals surface area contributed by atoms with Gasteiger partial charge < -0.3 is 4.90 Å². The monoisotopic (exact) mass is 263 g/mol. The first-order chi connectivity index (χ1) is 8.39. The first kappa shape index (κ1) is 12.2. The molecule has 0 spiro atoms. The second-order valence-corrected chi connectivity index (χ2v) is 8.07. The first-order valence-corrected chi connectivity index (χ1v) is 7.61. The van der Waals surface area contributed by atoms with Crippen molar-refractivity contribution in [2.45, 2.75) is 46.1 Å². The van der Waals surface area contributed by atoms with E-state index in [1.807, 2.05) is 17.5 Å². The van der Waals surface area contributed by atoms with Gasteiger partial charge in [0, 0.05) is 12.6 Å². The number of carbonyl (C=O) groups is 1. The van der Waals surface area contributed by atoms with E-state index >= 15 is 0 Å². The molecule has 2 atom stereocenters. The van der Waals surface area contributed by atoms with Crippen LogP contribution in [0.3, 0.4) is 0 Å². The van der Waals surface area contributed by atoms with Crippen LogP contribution >= 0.6 is 11.3 Å². The fraction of sp³-hybridized carbons (Fsp3) is 0.667. The lowest BCUT2D eigenvalue weighted by atomic mass is 9.65. The maximum atomic E-state index is 12.5. The fourth-order valence-electron chi connectivity index (χ4n) is 4.24. The molecule has 2 bridgehead atoms. The van der Waals surface area contributed by atoms with Crippen LogP contribution < -0.4 is 0 Å². The molecule has 1 aromatic heterocycles. The molecule has 18 heavy (non-hydrogen) atoms. The van der Waals surface area contributed by atoms with Crippen molar-refractivity contribution >= 4 is 17.2 Å². The second-order valence-electron chi connectivity index (χ2n) is 7.12. The molecule has 1 aliphatic carbocycles. The topological polar surface area (TPSA) is 20.3 Å². The van der Waals surface area contributed by atoms with Crippen molar-refractivity contribution in [2.75, 3.05) is 6.54 Å². The number of hydrogen-bond donors (Lipinski definition) is 0. The number of likely N-dealkylation sites (tertiary alicyclic amines) is 1. The summed E-state index contributed by atoms with van der Waals surface area (Å²) in [6.07, 6.45) is 3.58. The molecule has 0 aromatic carbocycles. The van der Waals surface area contributed by atoms with E-state index in [0.29, 0.717) is 16.9 Å². The Balaban J connectivity index is 1.86. The van der Waals surface area contributed by atoms with Crippen LogP contribution in [-0.2, 0) is 0 Å². The van der Waals surface area contributed by atoms with Gasteiger partial charge in [0.05, 0.1) is 4.88 Å². The quantitative estimate of drug-likeness (QED) is 0.755. The van der Waals surface area contributed by atoms with Crippen LogP contribution in [0.25, 0.3) is 0 Å². The number of thiophene rings is 1. The molecule has 2 fully saturated rings. The van der Waals surface area contributed by atoms with Gasteiger partial charge in [-0.3, -0.25) is 4.79 Å². The predicted octanol–water partition coefficient (Wildman–Crippen LogP) is 3.79. The summed E-state index contributed by atoms with van der Waals surface area (Å²) in [6, 6.07) is 4.36. The Morgan fingerprint density at radius 3 is 2.83 bits per heavy atom. The molecule has 0 unspecified atom stereocenters. The van der Waals surface area contributed by atoms with E-state index < -0.39 is 0 Å². The molecule has 1 amide bonds. The van der Waals surface area contributed by atoms with E-state index in [9.17, 15) is 4.79 Å². The van der Waals surface area contributed by atoms with Gasteiger partial charge >= 0.3 is 0 Å². The summed E-state index contributed by atoms with van der Waals surface area (Å²) in [4.78, 5) is 15.6. The van der Waals surface area contributed by atoms with E-state index in [1.54, 1.807) is 11.3 Å². The van der Waals surface area contributed by atoms with Crippen molar-refractivity contribution in [3.8, 4) is 0 Å². The molecule has 0 N–H and O–H groups in total. The molecule has 2 aliphatic rings. The third-order valence-electron chi connectivity index (χ3n) is 4.41. The first-order valence-electron chi connectivity index (χ1n) is 6.73. The van der Waals surface area contributed by atoms with Gasteiger partial charge in [0.1, 0.15) is 0 Å². The molecule has 1 aromatic rings. The molecule has 2 heterocycles. The third-order valence-corrected chi connectivity index (χ3v) is 5.27. The molecule has 1 saturated heterocycles. The molecule has 2 nitrogen and oxygen atoms in total. The van der Waals surface area contributed by atoms with E-state index in [1.165, 1.54) is 12.8 Å². The summed E-state index contributed by atoms with van der Waals surface area (Å²) >= 11 is 1.56. The average molecular weight is 263 g/mol. The molecular formula is C15H21NOS. The zero-order chi connectivity index (χ0) is 13.0. The lowest BCUT2D eigenvalue weighted by Crippen LogP contribution is -2.37. The van der Waals surface area contributed by atoms with Crippen molar-refractivity contribution in [3.63, 3.8) is 0 Å². The molecule has 3 heteroatoms. The highest BCUT2D eigenvalue weighted by molar-refractivity contribution is 7.12. The lowest BCUT2D eigenvalue weighted by molar-refractivity contribution is 0.0713. The smallest absolute Gasteiger partial charge is 0.264 e. The van der Waals surface area contributed by atoms with E-state index in [4.69, 9.17) is 0 Å².